The van der Waals surface area contributed by atoms with E-state index in [0.717, 1.165) is 0 Å². The number of esters is 1. The highest BCUT2D eigenvalue weighted by Crippen LogP contribution is 2.38. The average molecular weight is 272 g/mol. The summed E-state index contributed by atoms with van der Waals surface area (Å²) in [6.45, 7) is 0. The molecule has 0 radical (unpaired) electrons. The van der Waals surface area contributed by atoms with Gasteiger partial charge >= 0.3 is 5.97 Å². The highest BCUT2D eigenvalue weighted by Gasteiger charge is 2.40. The van der Waals surface area contributed by atoms with Crippen LogP contribution in [-0.4, -0.2) is 24.8 Å². The van der Waals surface area contributed by atoms with E-state index >= 15 is 0 Å². The van der Waals surface area contributed by atoms with Gasteiger partial charge in [0.05, 0.1) is 7.11 Å². The number of halogens is 2. The number of alkyl halides is 2. The number of rotatable bonds is 3. The minimum absolute atomic E-state index is 0.0666. The predicted molar refractivity (Wildman–Crippen MR) is 61.3 cm³/mol. The van der Waals surface area contributed by atoms with Gasteiger partial charge < -0.3 is 9.15 Å². The molecule has 1 aliphatic rings. The first-order valence-electron chi connectivity index (χ1n) is 6.03. The number of ketones is 1. The van der Waals surface area contributed by atoms with Gasteiger partial charge in [-0.1, -0.05) is 0 Å². The standard InChI is InChI=1S/C13H14F2O4/c1-18-12(17)10-5-4-9(19-10)11(16)8-3-2-6-13(14,15)7-8/h4-5,8H,2-3,6-7H2,1H3. The van der Waals surface area contributed by atoms with Crippen molar-refractivity contribution in [3.8, 4) is 0 Å². The van der Waals surface area contributed by atoms with Crippen LogP contribution in [0.1, 0.15) is 46.8 Å². The fourth-order valence-corrected chi connectivity index (χ4v) is 2.28. The maximum atomic E-state index is 13.3. The zero-order chi connectivity index (χ0) is 14.0. The second-order valence-electron chi connectivity index (χ2n) is 4.67. The number of methoxy groups -OCH3 is 1. The van der Waals surface area contributed by atoms with Gasteiger partial charge in [0.25, 0.3) is 0 Å². The summed E-state index contributed by atoms with van der Waals surface area (Å²) in [7, 11) is 1.19. The summed E-state index contributed by atoms with van der Waals surface area (Å²) in [5, 5.41) is 0. The Bertz CT molecular complexity index is 493. The van der Waals surface area contributed by atoms with Crippen molar-refractivity contribution < 1.29 is 27.5 Å². The van der Waals surface area contributed by atoms with Crippen LogP contribution in [0.5, 0.6) is 0 Å². The molecular weight excluding hydrogens is 258 g/mol. The Morgan fingerprint density at radius 1 is 1.37 bits per heavy atom. The Morgan fingerprint density at radius 2 is 2.05 bits per heavy atom. The molecule has 1 unspecified atom stereocenters. The number of hydrogen-bond donors (Lipinski definition) is 0. The zero-order valence-corrected chi connectivity index (χ0v) is 10.4. The van der Waals surface area contributed by atoms with Crippen LogP contribution in [0.25, 0.3) is 0 Å². The number of carbonyl (C=O) groups excluding carboxylic acids is 2. The first kappa shape index (κ1) is 13.7. The lowest BCUT2D eigenvalue weighted by molar-refractivity contribution is -0.0481. The second-order valence-corrected chi connectivity index (χ2v) is 4.67. The molecule has 0 aromatic carbocycles. The molecule has 2 rings (SSSR count). The van der Waals surface area contributed by atoms with Crippen LogP contribution in [0.3, 0.4) is 0 Å². The van der Waals surface area contributed by atoms with Crippen molar-refractivity contribution in [2.45, 2.75) is 31.6 Å². The van der Waals surface area contributed by atoms with E-state index in [1.54, 1.807) is 0 Å². The minimum Gasteiger partial charge on any atom is -0.463 e. The van der Waals surface area contributed by atoms with Crippen LogP contribution in [0.4, 0.5) is 8.78 Å². The molecule has 104 valence electrons. The number of Topliss-reactive ketones (excluding diaryl/α,β-unsaturated/α-hetero) is 1. The summed E-state index contributed by atoms with van der Waals surface area (Å²) < 4.78 is 36.0. The zero-order valence-electron chi connectivity index (χ0n) is 10.4. The smallest absolute Gasteiger partial charge is 0.373 e. The first-order valence-corrected chi connectivity index (χ1v) is 6.03. The van der Waals surface area contributed by atoms with Gasteiger partial charge in [0, 0.05) is 18.8 Å². The number of hydrogen-bond acceptors (Lipinski definition) is 4. The van der Waals surface area contributed by atoms with Crippen LogP contribution in [0.15, 0.2) is 16.5 Å². The molecule has 1 heterocycles. The molecule has 1 aromatic heterocycles. The SMILES string of the molecule is COC(=O)c1ccc(C(=O)C2CCCC(F)(F)C2)o1. The third-order valence-electron chi connectivity index (χ3n) is 3.25. The van der Waals surface area contributed by atoms with Crippen molar-refractivity contribution in [1.82, 2.24) is 0 Å². The fourth-order valence-electron chi connectivity index (χ4n) is 2.28. The molecule has 1 aliphatic carbocycles. The molecule has 4 nitrogen and oxygen atoms in total. The maximum Gasteiger partial charge on any atom is 0.373 e. The Balaban J connectivity index is 2.11. The summed E-state index contributed by atoms with van der Waals surface area (Å²) in [5.41, 5.74) is 0. The number of ether oxygens (including phenoxy) is 1. The molecule has 1 atom stereocenters. The average Bonchev–Trinajstić information content (AvgIpc) is 2.85. The number of carbonyl (C=O) groups is 2. The van der Waals surface area contributed by atoms with Gasteiger partial charge in [-0.15, -0.1) is 0 Å². The molecule has 6 heteroatoms. The van der Waals surface area contributed by atoms with Crippen molar-refractivity contribution in [3.63, 3.8) is 0 Å². The molecule has 1 fully saturated rings. The van der Waals surface area contributed by atoms with E-state index in [4.69, 9.17) is 4.42 Å². The van der Waals surface area contributed by atoms with E-state index in [2.05, 4.69) is 4.74 Å². The second kappa shape index (κ2) is 5.11. The topological polar surface area (TPSA) is 56.5 Å². The molecule has 0 bridgehead atoms. The van der Waals surface area contributed by atoms with Crippen LogP contribution in [-0.2, 0) is 4.74 Å². The van der Waals surface area contributed by atoms with Crippen molar-refractivity contribution in [2.75, 3.05) is 7.11 Å². The highest BCUT2D eigenvalue weighted by atomic mass is 19.3. The molecule has 0 N–H and O–H groups in total. The first-order chi connectivity index (χ1) is 8.93. The third-order valence-corrected chi connectivity index (χ3v) is 3.25. The molecular formula is C13H14F2O4. The minimum atomic E-state index is -2.80. The van der Waals surface area contributed by atoms with Gasteiger partial charge in [0.1, 0.15) is 0 Å². The fraction of sp³-hybridized carbons (Fsp3) is 0.538. The van der Waals surface area contributed by atoms with Gasteiger partial charge in [0.15, 0.2) is 5.76 Å². The summed E-state index contributed by atoms with van der Waals surface area (Å²) in [6.07, 6.45) is 0.0963. The molecule has 1 saturated carbocycles. The Labute approximate surface area is 108 Å². The molecule has 1 aromatic rings. The lowest BCUT2D eigenvalue weighted by atomic mass is 9.83. The Morgan fingerprint density at radius 3 is 2.68 bits per heavy atom. The van der Waals surface area contributed by atoms with Crippen LogP contribution >= 0.6 is 0 Å². The van der Waals surface area contributed by atoms with E-state index in [9.17, 15) is 18.4 Å². The van der Waals surface area contributed by atoms with Crippen LogP contribution < -0.4 is 0 Å². The van der Waals surface area contributed by atoms with E-state index in [0.29, 0.717) is 12.8 Å². The Hall–Kier alpha value is -1.72. The molecule has 0 saturated heterocycles. The molecule has 0 amide bonds. The monoisotopic (exact) mass is 272 g/mol. The molecule has 0 aliphatic heterocycles. The summed E-state index contributed by atoms with van der Waals surface area (Å²) in [6, 6.07) is 2.63. The summed E-state index contributed by atoms with van der Waals surface area (Å²) in [4.78, 5) is 23.2. The van der Waals surface area contributed by atoms with Gasteiger partial charge in [-0.3, -0.25) is 4.79 Å². The van der Waals surface area contributed by atoms with E-state index < -0.39 is 30.0 Å². The van der Waals surface area contributed by atoms with Crippen LogP contribution in [0.2, 0.25) is 0 Å². The molecule has 19 heavy (non-hydrogen) atoms. The van der Waals surface area contributed by atoms with Gasteiger partial charge in [-0.05, 0) is 25.0 Å². The maximum absolute atomic E-state index is 13.3. The van der Waals surface area contributed by atoms with Gasteiger partial charge in [-0.25, -0.2) is 13.6 Å². The van der Waals surface area contributed by atoms with E-state index in [1.807, 2.05) is 0 Å². The Kier molecular flexibility index (Phi) is 3.68. The number of furan rings is 1. The van der Waals surface area contributed by atoms with Crippen molar-refractivity contribution >= 4 is 11.8 Å². The molecule has 0 spiro atoms. The normalized spacial score (nSPS) is 21.9. The third kappa shape index (κ3) is 3.00. The highest BCUT2D eigenvalue weighted by molar-refractivity contribution is 5.97. The quantitative estimate of drug-likeness (QED) is 0.626. The lowest BCUT2D eigenvalue weighted by Gasteiger charge is -2.27. The van der Waals surface area contributed by atoms with Crippen LogP contribution in [0, 0.1) is 5.92 Å². The van der Waals surface area contributed by atoms with Crippen molar-refractivity contribution in [2.24, 2.45) is 5.92 Å². The van der Waals surface area contributed by atoms with E-state index in [1.165, 1.54) is 19.2 Å². The van der Waals surface area contributed by atoms with E-state index in [-0.39, 0.29) is 17.9 Å². The summed E-state index contributed by atoms with van der Waals surface area (Å²) in [5.74, 6) is -4.89. The van der Waals surface area contributed by atoms with Crippen molar-refractivity contribution in [1.29, 1.82) is 0 Å². The summed E-state index contributed by atoms with van der Waals surface area (Å²) >= 11 is 0. The van der Waals surface area contributed by atoms with Crippen molar-refractivity contribution in [3.05, 3.63) is 23.7 Å². The van der Waals surface area contributed by atoms with Gasteiger partial charge in [-0.2, -0.15) is 0 Å². The van der Waals surface area contributed by atoms with Gasteiger partial charge in [0.2, 0.25) is 17.5 Å². The predicted octanol–water partition coefficient (Wildman–Crippen LogP) is 3.07. The lowest BCUT2D eigenvalue weighted by Crippen LogP contribution is -2.30. The largest absolute Gasteiger partial charge is 0.463 e.